The quantitative estimate of drug-likeness (QED) is 0.402. The molecule has 0 spiro atoms. The van der Waals surface area contributed by atoms with Crippen LogP contribution in [0.1, 0.15) is 31.1 Å². The largest absolute Gasteiger partial charge is 0.465 e. The first-order chi connectivity index (χ1) is 9.08. The molecule has 0 aromatic carbocycles. The SMILES string of the molecule is COC(=O)c1coc([SH2](N)=C=N[Si](C)(C)C(C)(C)C)c1. The highest BCUT2D eigenvalue weighted by Gasteiger charge is 2.35. The summed E-state index contributed by atoms with van der Waals surface area (Å²) in [7, 11) is -2.10. The van der Waals surface area contributed by atoms with E-state index in [1.165, 1.54) is 13.4 Å². The van der Waals surface area contributed by atoms with E-state index in [0.29, 0.717) is 10.7 Å². The van der Waals surface area contributed by atoms with Crippen LogP contribution in [0.25, 0.3) is 0 Å². The molecule has 0 aliphatic rings. The fourth-order valence-corrected chi connectivity index (χ4v) is 3.67. The van der Waals surface area contributed by atoms with Gasteiger partial charge >= 0.3 is 5.97 Å². The second-order valence-electron chi connectivity index (χ2n) is 6.14. The second-order valence-corrected chi connectivity index (χ2v) is 12.5. The van der Waals surface area contributed by atoms with Crippen molar-refractivity contribution in [3.63, 3.8) is 0 Å². The molecule has 0 radical (unpaired) electrons. The van der Waals surface area contributed by atoms with Crippen LogP contribution in [0.15, 0.2) is 26.5 Å². The highest BCUT2D eigenvalue weighted by atomic mass is 32.2. The van der Waals surface area contributed by atoms with Gasteiger partial charge in [0.2, 0.25) is 0 Å². The molecule has 1 aromatic heterocycles. The van der Waals surface area contributed by atoms with Crippen molar-refractivity contribution in [2.45, 2.75) is 44.0 Å². The van der Waals surface area contributed by atoms with Gasteiger partial charge in [0.1, 0.15) is 6.26 Å². The molecule has 0 aliphatic heterocycles. The van der Waals surface area contributed by atoms with Crippen LogP contribution in [0.2, 0.25) is 18.1 Å². The van der Waals surface area contributed by atoms with Crippen LogP contribution in [-0.2, 0) is 4.74 Å². The van der Waals surface area contributed by atoms with Crippen molar-refractivity contribution >= 4 is 30.0 Å². The fraction of sp³-hybridized carbons (Fsp3) is 0.538. The summed E-state index contributed by atoms with van der Waals surface area (Å²) in [5, 5.41) is 9.81. The molecule has 0 unspecified atom stereocenters. The molecule has 0 amide bonds. The average molecular weight is 316 g/mol. The number of hydrogen-bond acceptors (Lipinski definition) is 5. The second kappa shape index (κ2) is 6.09. The molecule has 1 aromatic rings. The van der Waals surface area contributed by atoms with Crippen molar-refractivity contribution in [2.75, 3.05) is 7.11 Å². The maximum atomic E-state index is 11.3. The smallest absolute Gasteiger partial charge is 0.341 e. The molecule has 0 fully saturated rings. The van der Waals surface area contributed by atoms with E-state index in [0.717, 1.165) is 0 Å². The normalized spacial score (nSPS) is 12.7. The Labute approximate surface area is 123 Å². The predicted molar refractivity (Wildman–Crippen MR) is 87.5 cm³/mol. The maximum absolute atomic E-state index is 11.3. The van der Waals surface area contributed by atoms with Crippen LogP contribution < -0.4 is 5.14 Å². The summed E-state index contributed by atoms with van der Waals surface area (Å²) in [6.45, 7) is 10.9. The third-order valence-corrected chi connectivity index (χ3v) is 9.29. The van der Waals surface area contributed by atoms with Gasteiger partial charge < -0.3 is 9.15 Å². The van der Waals surface area contributed by atoms with Gasteiger partial charge in [0, 0.05) is 6.07 Å². The third-order valence-electron chi connectivity index (χ3n) is 3.58. The lowest BCUT2D eigenvalue weighted by Crippen LogP contribution is -2.34. The Balaban J connectivity index is 3.06. The van der Waals surface area contributed by atoms with Gasteiger partial charge in [0.05, 0.1) is 12.7 Å². The van der Waals surface area contributed by atoms with Crippen molar-refractivity contribution in [1.29, 1.82) is 0 Å². The predicted octanol–water partition coefficient (Wildman–Crippen LogP) is 2.94. The molecular formula is C13H24N2O3SSi. The van der Waals surface area contributed by atoms with Crippen molar-refractivity contribution in [1.82, 2.24) is 0 Å². The maximum Gasteiger partial charge on any atom is 0.341 e. The van der Waals surface area contributed by atoms with Crippen LogP contribution in [0, 0.1) is 0 Å². The summed E-state index contributed by atoms with van der Waals surface area (Å²) in [6.07, 6.45) is 1.35. The number of esters is 1. The minimum absolute atomic E-state index is 0.141. The summed E-state index contributed by atoms with van der Waals surface area (Å²) >= 11 is 0. The van der Waals surface area contributed by atoms with Gasteiger partial charge in [-0.15, -0.1) is 10.7 Å². The highest BCUT2D eigenvalue weighted by molar-refractivity contribution is 8.12. The Hall–Kier alpha value is -1.14. The number of methoxy groups -OCH3 is 1. The molecule has 20 heavy (non-hydrogen) atoms. The molecule has 0 bridgehead atoms. The number of rotatable bonds is 3. The first-order valence-electron chi connectivity index (χ1n) is 6.36. The van der Waals surface area contributed by atoms with Crippen LogP contribution >= 0.6 is 10.7 Å². The monoisotopic (exact) mass is 316 g/mol. The van der Waals surface area contributed by atoms with E-state index in [-0.39, 0.29) is 5.04 Å². The first kappa shape index (κ1) is 16.9. The minimum atomic E-state index is -1.80. The molecule has 2 N–H and O–H groups in total. The highest BCUT2D eigenvalue weighted by Crippen LogP contribution is 2.36. The molecule has 1 heterocycles. The molecule has 0 saturated heterocycles. The van der Waals surface area contributed by atoms with Crippen LogP contribution in [-0.4, -0.2) is 26.5 Å². The van der Waals surface area contributed by atoms with E-state index >= 15 is 0 Å². The van der Waals surface area contributed by atoms with Crippen molar-refractivity contribution in [2.24, 2.45) is 9.80 Å². The van der Waals surface area contributed by atoms with Gasteiger partial charge in [-0.25, -0.2) is 4.79 Å². The van der Waals surface area contributed by atoms with Crippen LogP contribution in [0.4, 0.5) is 0 Å². The van der Waals surface area contributed by atoms with Gasteiger partial charge in [0.15, 0.2) is 13.3 Å². The van der Waals surface area contributed by atoms with Gasteiger partial charge in [-0.3, -0.25) is 9.80 Å². The van der Waals surface area contributed by atoms with Gasteiger partial charge in [0.25, 0.3) is 0 Å². The summed E-state index contributed by atoms with van der Waals surface area (Å²) in [6, 6.07) is 1.61. The van der Waals surface area contributed by atoms with E-state index in [1.54, 1.807) is 6.07 Å². The van der Waals surface area contributed by atoms with Gasteiger partial charge in [-0.1, -0.05) is 20.8 Å². The number of carbonyl (C=O) groups excluding carboxylic acids is 1. The summed E-state index contributed by atoms with van der Waals surface area (Å²) < 4.78 is 14.5. The zero-order valence-electron chi connectivity index (χ0n) is 12.9. The average Bonchev–Trinajstić information content (AvgIpc) is 2.83. The van der Waals surface area contributed by atoms with Crippen molar-refractivity contribution < 1.29 is 13.9 Å². The summed E-state index contributed by atoms with van der Waals surface area (Å²) in [4.78, 5) is 11.3. The lowest BCUT2D eigenvalue weighted by atomic mass is 10.2. The summed E-state index contributed by atoms with van der Waals surface area (Å²) in [5.41, 5.74) is 0.365. The number of hydrogen-bond donors (Lipinski definition) is 1. The van der Waals surface area contributed by atoms with E-state index < -0.39 is 24.9 Å². The van der Waals surface area contributed by atoms with E-state index in [2.05, 4.69) is 48.4 Å². The molecule has 0 aliphatic carbocycles. The Kier molecular flexibility index (Phi) is 5.15. The summed E-state index contributed by atoms with van der Waals surface area (Å²) in [5.74, 6) is -0.434. The molecule has 7 heteroatoms. The number of nitrogens with zero attached hydrogens (tertiary/aromatic N) is 1. The van der Waals surface area contributed by atoms with E-state index in [4.69, 9.17) is 9.56 Å². The van der Waals surface area contributed by atoms with Crippen molar-refractivity contribution in [3.05, 3.63) is 17.9 Å². The van der Waals surface area contributed by atoms with Crippen LogP contribution in [0.3, 0.4) is 0 Å². The third kappa shape index (κ3) is 3.93. The Morgan fingerprint density at radius 3 is 2.60 bits per heavy atom. The number of carbonyl (C=O) groups is 1. The minimum Gasteiger partial charge on any atom is -0.465 e. The molecule has 114 valence electrons. The zero-order chi connectivity index (χ0) is 15.6. The van der Waals surface area contributed by atoms with Crippen molar-refractivity contribution in [3.8, 4) is 0 Å². The van der Waals surface area contributed by atoms with E-state index in [1.807, 2.05) is 0 Å². The number of ether oxygens (including phenoxy) is 1. The molecule has 5 nitrogen and oxygen atoms in total. The topological polar surface area (TPSA) is 77.8 Å². The van der Waals surface area contributed by atoms with E-state index in [9.17, 15) is 4.79 Å². The number of furan rings is 1. The van der Waals surface area contributed by atoms with Crippen LogP contribution in [0.5, 0.6) is 0 Å². The first-order valence-corrected chi connectivity index (χ1v) is 10.9. The lowest BCUT2D eigenvalue weighted by molar-refractivity contribution is 0.0600. The molecule has 1 rings (SSSR count). The van der Waals surface area contributed by atoms with Gasteiger partial charge in [-0.05, 0) is 23.3 Å². The standard InChI is InChI=1S/C13H24N2O3SSi/c1-13(2,3)20(5,6)15-9-19(14)11-7-10(8-18-11)12(16)17-4/h7-8H,14,19H2,1-6H3. The number of isothiocyanates is 1. The van der Waals surface area contributed by atoms with Gasteiger partial charge in [-0.2, -0.15) is 0 Å². The Bertz CT molecular complexity index is 566. The number of nitrogens with two attached hydrogens (primary N) is 1. The Morgan fingerprint density at radius 2 is 2.10 bits per heavy atom. The molecule has 0 saturated carbocycles. The lowest BCUT2D eigenvalue weighted by Gasteiger charge is -2.31. The molecular weight excluding hydrogens is 292 g/mol. The Morgan fingerprint density at radius 1 is 1.50 bits per heavy atom. The zero-order valence-corrected chi connectivity index (χ0v) is 14.9. The fourth-order valence-electron chi connectivity index (χ4n) is 1.13. The molecule has 0 atom stereocenters.